The molecule has 2 aromatic rings. The maximum Gasteiger partial charge on any atom is 0.136 e. The van der Waals surface area contributed by atoms with Gasteiger partial charge in [0.25, 0.3) is 0 Å². The van der Waals surface area contributed by atoms with E-state index in [9.17, 15) is 5.11 Å². The van der Waals surface area contributed by atoms with Crippen LogP contribution in [0.4, 0.5) is 0 Å². The van der Waals surface area contributed by atoms with Crippen molar-refractivity contribution in [2.45, 2.75) is 32.4 Å². The summed E-state index contributed by atoms with van der Waals surface area (Å²) in [6.45, 7) is 6.04. The lowest BCUT2D eigenvalue weighted by molar-refractivity contribution is 0.0312. The summed E-state index contributed by atoms with van der Waals surface area (Å²) in [7, 11) is 1.66. The summed E-state index contributed by atoms with van der Waals surface area (Å²) >= 11 is 0. The predicted octanol–water partition coefficient (Wildman–Crippen LogP) is 3.15. The maximum atomic E-state index is 10.5. The smallest absolute Gasteiger partial charge is 0.136 e. The number of methoxy groups -OCH3 is 1. The molecule has 0 saturated carbocycles. The number of hydrogen-bond donors (Lipinski definition) is 2. The van der Waals surface area contributed by atoms with Gasteiger partial charge in [-0.05, 0) is 39.0 Å². The molecule has 0 fully saturated rings. The third-order valence-electron chi connectivity index (χ3n) is 3.63. The minimum Gasteiger partial charge on any atom is -0.496 e. The van der Waals surface area contributed by atoms with Crippen LogP contribution in [0.25, 0.3) is 0 Å². The van der Waals surface area contributed by atoms with Crippen LogP contribution in [-0.4, -0.2) is 18.8 Å². The van der Waals surface area contributed by atoms with E-state index >= 15 is 0 Å². The minimum absolute atomic E-state index is 0.0590. The van der Waals surface area contributed by atoms with Crippen LogP contribution in [0.15, 0.2) is 40.8 Å². The number of aliphatic hydroxyl groups is 1. The maximum absolute atomic E-state index is 10.5. The number of rotatable bonds is 6. The van der Waals surface area contributed by atoms with E-state index in [-0.39, 0.29) is 6.04 Å². The van der Waals surface area contributed by atoms with Gasteiger partial charge in [0.05, 0.1) is 7.11 Å². The lowest BCUT2D eigenvalue weighted by Crippen LogP contribution is -2.36. The Morgan fingerprint density at radius 2 is 2.00 bits per heavy atom. The molecule has 21 heavy (non-hydrogen) atoms. The van der Waals surface area contributed by atoms with Crippen molar-refractivity contribution in [3.05, 3.63) is 53.5 Å². The van der Waals surface area contributed by atoms with Crippen LogP contribution in [0, 0.1) is 6.92 Å². The zero-order chi connectivity index (χ0) is 15.5. The van der Waals surface area contributed by atoms with E-state index in [1.807, 2.05) is 50.2 Å². The van der Waals surface area contributed by atoms with Crippen molar-refractivity contribution < 1.29 is 14.3 Å². The molecule has 0 bridgehead atoms. The van der Waals surface area contributed by atoms with Crippen LogP contribution in [0.5, 0.6) is 5.75 Å². The molecule has 1 aromatic carbocycles. The molecule has 0 aliphatic carbocycles. The van der Waals surface area contributed by atoms with E-state index in [1.165, 1.54) is 0 Å². The summed E-state index contributed by atoms with van der Waals surface area (Å²) in [5.41, 5.74) is 0.0104. The quantitative estimate of drug-likeness (QED) is 0.857. The fourth-order valence-electron chi connectivity index (χ4n) is 2.30. The second-order valence-corrected chi connectivity index (χ2v) is 5.53. The largest absolute Gasteiger partial charge is 0.496 e. The zero-order valence-corrected chi connectivity index (χ0v) is 13.0. The monoisotopic (exact) mass is 289 g/mol. The second-order valence-electron chi connectivity index (χ2n) is 5.53. The van der Waals surface area contributed by atoms with Gasteiger partial charge in [0, 0.05) is 18.2 Å². The molecule has 0 aliphatic rings. The van der Waals surface area contributed by atoms with Gasteiger partial charge < -0.3 is 19.6 Å². The highest BCUT2D eigenvalue weighted by Crippen LogP contribution is 2.26. The van der Waals surface area contributed by atoms with Crippen LogP contribution in [0.3, 0.4) is 0 Å². The highest BCUT2D eigenvalue weighted by atomic mass is 16.5. The molecule has 0 aliphatic heterocycles. The molecule has 1 aromatic heterocycles. The van der Waals surface area contributed by atoms with Crippen molar-refractivity contribution >= 4 is 0 Å². The van der Waals surface area contributed by atoms with Crippen molar-refractivity contribution in [1.82, 2.24) is 5.32 Å². The van der Waals surface area contributed by atoms with Gasteiger partial charge in [-0.3, -0.25) is 0 Å². The van der Waals surface area contributed by atoms with E-state index in [2.05, 4.69) is 5.32 Å². The summed E-state index contributed by atoms with van der Waals surface area (Å²) in [5.74, 6) is 2.20. The first-order valence-corrected chi connectivity index (χ1v) is 7.09. The highest BCUT2D eigenvalue weighted by molar-refractivity contribution is 5.35. The molecule has 114 valence electrons. The summed E-state index contributed by atoms with van der Waals surface area (Å²) in [6, 6.07) is 11.6. The SMILES string of the molecule is COc1ccccc1C(C)NCC(C)(O)c1ccc(C)o1. The van der Waals surface area contributed by atoms with Crippen molar-refractivity contribution in [2.24, 2.45) is 0 Å². The van der Waals surface area contributed by atoms with Crippen LogP contribution in [-0.2, 0) is 5.60 Å². The van der Waals surface area contributed by atoms with E-state index in [1.54, 1.807) is 14.0 Å². The molecule has 4 nitrogen and oxygen atoms in total. The van der Waals surface area contributed by atoms with Crippen molar-refractivity contribution in [1.29, 1.82) is 0 Å². The predicted molar refractivity (Wildman–Crippen MR) is 82.4 cm³/mol. The molecule has 0 amide bonds. The average Bonchev–Trinajstić information content (AvgIpc) is 2.92. The van der Waals surface area contributed by atoms with Crippen LogP contribution in [0.1, 0.15) is 37.0 Å². The fraction of sp³-hybridized carbons (Fsp3) is 0.412. The molecule has 4 heteroatoms. The van der Waals surface area contributed by atoms with E-state index in [0.717, 1.165) is 17.1 Å². The number of para-hydroxylation sites is 1. The Bertz CT molecular complexity index is 589. The normalized spacial score (nSPS) is 15.5. The number of hydrogen-bond acceptors (Lipinski definition) is 4. The number of furan rings is 1. The molecular weight excluding hydrogens is 266 g/mol. The van der Waals surface area contributed by atoms with Crippen molar-refractivity contribution in [3.63, 3.8) is 0 Å². The van der Waals surface area contributed by atoms with Gasteiger partial charge in [0.1, 0.15) is 22.9 Å². The molecule has 2 atom stereocenters. The number of nitrogens with one attached hydrogen (secondary N) is 1. The third kappa shape index (κ3) is 3.65. The van der Waals surface area contributed by atoms with E-state index < -0.39 is 5.60 Å². The average molecular weight is 289 g/mol. The first-order valence-electron chi connectivity index (χ1n) is 7.09. The topological polar surface area (TPSA) is 54.6 Å². The van der Waals surface area contributed by atoms with Gasteiger partial charge in [0.15, 0.2) is 0 Å². The van der Waals surface area contributed by atoms with Gasteiger partial charge in [-0.1, -0.05) is 18.2 Å². The van der Waals surface area contributed by atoms with Crippen LogP contribution in [0.2, 0.25) is 0 Å². The van der Waals surface area contributed by atoms with E-state index in [4.69, 9.17) is 9.15 Å². The Morgan fingerprint density at radius 3 is 2.62 bits per heavy atom. The second kappa shape index (κ2) is 6.33. The molecule has 2 N–H and O–H groups in total. The van der Waals surface area contributed by atoms with Gasteiger partial charge in [-0.2, -0.15) is 0 Å². The molecular formula is C17H23NO3. The van der Waals surface area contributed by atoms with Crippen LogP contribution < -0.4 is 10.1 Å². The molecule has 2 unspecified atom stereocenters. The molecule has 2 rings (SSSR count). The number of ether oxygens (including phenoxy) is 1. The Labute approximate surface area is 125 Å². The first kappa shape index (κ1) is 15.6. The Balaban J connectivity index is 2.05. The van der Waals surface area contributed by atoms with Crippen molar-refractivity contribution in [3.8, 4) is 5.75 Å². The molecule has 1 heterocycles. The lowest BCUT2D eigenvalue weighted by atomic mass is 10.0. The summed E-state index contributed by atoms with van der Waals surface area (Å²) < 4.78 is 10.9. The Hall–Kier alpha value is -1.78. The summed E-state index contributed by atoms with van der Waals surface area (Å²) in [5, 5.41) is 13.9. The van der Waals surface area contributed by atoms with E-state index in [0.29, 0.717) is 12.3 Å². The Morgan fingerprint density at radius 1 is 1.29 bits per heavy atom. The lowest BCUT2D eigenvalue weighted by Gasteiger charge is -2.25. The number of aryl methyl sites for hydroxylation is 1. The van der Waals surface area contributed by atoms with Gasteiger partial charge >= 0.3 is 0 Å². The molecule has 0 saturated heterocycles. The van der Waals surface area contributed by atoms with Gasteiger partial charge in [-0.25, -0.2) is 0 Å². The third-order valence-corrected chi connectivity index (χ3v) is 3.63. The van der Waals surface area contributed by atoms with Gasteiger partial charge in [-0.15, -0.1) is 0 Å². The summed E-state index contributed by atoms with van der Waals surface area (Å²) in [6.07, 6.45) is 0. The number of benzene rings is 1. The fourth-order valence-corrected chi connectivity index (χ4v) is 2.30. The zero-order valence-electron chi connectivity index (χ0n) is 13.0. The highest BCUT2D eigenvalue weighted by Gasteiger charge is 2.27. The molecule has 0 spiro atoms. The van der Waals surface area contributed by atoms with Crippen LogP contribution >= 0.6 is 0 Å². The minimum atomic E-state index is -1.05. The standard InChI is InChI=1S/C17H23NO3/c1-12-9-10-16(21-12)17(3,19)11-18-13(2)14-7-5-6-8-15(14)20-4/h5-10,13,18-19H,11H2,1-4H3. The molecule has 0 radical (unpaired) electrons. The summed E-state index contributed by atoms with van der Waals surface area (Å²) in [4.78, 5) is 0. The Kier molecular flexibility index (Phi) is 4.70. The van der Waals surface area contributed by atoms with Crippen molar-refractivity contribution in [2.75, 3.05) is 13.7 Å². The van der Waals surface area contributed by atoms with Gasteiger partial charge in [0.2, 0.25) is 0 Å². The first-order chi connectivity index (χ1) is 9.94.